The van der Waals surface area contributed by atoms with Crippen molar-refractivity contribution >= 4 is 33.2 Å². The molecule has 0 unspecified atom stereocenters. The summed E-state index contributed by atoms with van der Waals surface area (Å²) in [4.78, 5) is 0.00214. The summed E-state index contributed by atoms with van der Waals surface area (Å²) in [6.07, 6.45) is 2.95. The Labute approximate surface area is 133 Å². The molecule has 0 aliphatic carbocycles. The van der Waals surface area contributed by atoms with Crippen LogP contribution in [0.5, 0.6) is 0 Å². The lowest BCUT2D eigenvalue weighted by molar-refractivity contribution is 0.561. The van der Waals surface area contributed by atoms with Crippen LogP contribution in [0, 0.1) is 0 Å². The van der Waals surface area contributed by atoms with Gasteiger partial charge in [0, 0.05) is 29.2 Å². The molecule has 5 nitrogen and oxygen atoms in total. The first-order valence-corrected chi connectivity index (χ1v) is 8.32. The quantitative estimate of drug-likeness (QED) is 0.841. The molecule has 0 bridgehead atoms. The van der Waals surface area contributed by atoms with Crippen molar-refractivity contribution in [2.24, 2.45) is 0 Å². The molecule has 1 aromatic carbocycles. The molecule has 0 saturated heterocycles. The van der Waals surface area contributed by atoms with Crippen LogP contribution in [0.25, 0.3) is 0 Å². The van der Waals surface area contributed by atoms with Gasteiger partial charge in [0.2, 0.25) is 10.0 Å². The molecule has 0 spiro atoms. The van der Waals surface area contributed by atoms with Crippen LogP contribution in [0.4, 0.5) is 0 Å². The molecule has 0 amide bonds. The number of furan rings is 1. The number of sulfonamides is 1. The molecular formula is C13H14Cl2N2O3S. The van der Waals surface area contributed by atoms with Crippen molar-refractivity contribution in [2.45, 2.75) is 18.0 Å². The lowest BCUT2D eigenvalue weighted by Gasteiger charge is -2.12. The van der Waals surface area contributed by atoms with Gasteiger partial charge in [0.05, 0.1) is 17.5 Å². The topological polar surface area (TPSA) is 71.3 Å². The van der Waals surface area contributed by atoms with E-state index in [-0.39, 0.29) is 16.5 Å². The molecule has 21 heavy (non-hydrogen) atoms. The van der Waals surface area contributed by atoms with E-state index < -0.39 is 10.0 Å². The summed E-state index contributed by atoms with van der Waals surface area (Å²) in [6.45, 7) is 0.502. The number of nitrogens with one attached hydrogen (secondary N) is 2. The third kappa shape index (κ3) is 3.78. The summed E-state index contributed by atoms with van der Waals surface area (Å²) < 4.78 is 32.0. The summed E-state index contributed by atoms with van der Waals surface area (Å²) in [7, 11) is -2.01. The Morgan fingerprint density at radius 1 is 1.19 bits per heavy atom. The molecule has 8 heteroatoms. The van der Waals surface area contributed by atoms with Crippen molar-refractivity contribution in [3.63, 3.8) is 0 Å². The summed E-state index contributed by atoms with van der Waals surface area (Å²) in [5.74, 6) is 0. The number of rotatable bonds is 6. The van der Waals surface area contributed by atoms with Crippen LogP contribution in [0.1, 0.15) is 11.1 Å². The van der Waals surface area contributed by atoms with Gasteiger partial charge >= 0.3 is 0 Å². The molecule has 0 aliphatic heterocycles. The smallest absolute Gasteiger partial charge is 0.242 e. The molecule has 0 radical (unpaired) electrons. The van der Waals surface area contributed by atoms with Crippen molar-refractivity contribution in [3.8, 4) is 0 Å². The van der Waals surface area contributed by atoms with Crippen LogP contribution in [0.3, 0.4) is 0 Å². The van der Waals surface area contributed by atoms with E-state index in [0.717, 1.165) is 5.56 Å². The van der Waals surface area contributed by atoms with Gasteiger partial charge in [0.1, 0.15) is 4.90 Å². The third-order valence-electron chi connectivity index (χ3n) is 2.84. The number of halogens is 2. The second kappa shape index (κ2) is 6.81. The molecule has 0 aliphatic rings. The normalized spacial score (nSPS) is 11.8. The summed E-state index contributed by atoms with van der Waals surface area (Å²) in [6, 6.07) is 4.59. The minimum atomic E-state index is -3.73. The Kier molecular flexibility index (Phi) is 5.29. The summed E-state index contributed by atoms with van der Waals surface area (Å²) in [5, 5.41) is 3.44. The molecule has 1 heterocycles. The van der Waals surface area contributed by atoms with E-state index in [1.165, 1.54) is 24.7 Å². The van der Waals surface area contributed by atoms with Crippen LogP contribution < -0.4 is 10.0 Å². The van der Waals surface area contributed by atoms with E-state index in [4.69, 9.17) is 27.6 Å². The molecule has 0 fully saturated rings. The molecule has 0 atom stereocenters. The van der Waals surface area contributed by atoms with E-state index >= 15 is 0 Å². The third-order valence-corrected chi connectivity index (χ3v) is 5.18. The van der Waals surface area contributed by atoms with Crippen molar-refractivity contribution in [2.75, 3.05) is 7.05 Å². The average molecular weight is 349 g/mol. The van der Waals surface area contributed by atoms with Gasteiger partial charge in [-0.05, 0) is 25.2 Å². The SMILES string of the molecule is CNCc1c(Cl)ccc(S(=O)(=O)NCc2ccoc2)c1Cl. The number of benzene rings is 1. The predicted molar refractivity (Wildman–Crippen MR) is 82.0 cm³/mol. The fourth-order valence-electron chi connectivity index (χ4n) is 1.77. The van der Waals surface area contributed by atoms with Crippen molar-refractivity contribution in [1.29, 1.82) is 0 Å². The zero-order valence-corrected chi connectivity index (χ0v) is 13.5. The molecule has 2 N–H and O–H groups in total. The fourth-order valence-corrected chi connectivity index (χ4v) is 3.70. The molecular weight excluding hydrogens is 335 g/mol. The van der Waals surface area contributed by atoms with Gasteiger partial charge in [0.25, 0.3) is 0 Å². The Balaban J connectivity index is 2.29. The largest absolute Gasteiger partial charge is 0.472 e. The van der Waals surface area contributed by atoms with E-state index in [1.54, 1.807) is 13.1 Å². The first-order chi connectivity index (χ1) is 9.95. The van der Waals surface area contributed by atoms with Crippen molar-refractivity contribution in [1.82, 2.24) is 10.0 Å². The minimum absolute atomic E-state index is 0.00214. The first-order valence-electron chi connectivity index (χ1n) is 6.08. The maximum atomic E-state index is 12.3. The zero-order chi connectivity index (χ0) is 15.5. The number of hydrogen-bond acceptors (Lipinski definition) is 4. The van der Waals surface area contributed by atoms with Gasteiger partial charge < -0.3 is 9.73 Å². The second-order valence-corrected chi connectivity index (χ2v) is 6.85. The van der Waals surface area contributed by atoms with Crippen molar-refractivity contribution in [3.05, 3.63) is 51.9 Å². The van der Waals surface area contributed by atoms with E-state index in [0.29, 0.717) is 17.1 Å². The lowest BCUT2D eigenvalue weighted by atomic mass is 10.2. The van der Waals surface area contributed by atoms with E-state index in [1.807, 2.05) is 0 Å². The lowest BCUT2D eigenvalue weighted by Crippen LogP contribution is -2.24. The maximum Gasteiger partial charge on any atom is 0.242 e. The zero-order valence-electron chi connectivity index (χ0n) is 11.2. The highest BCUT2D eigenvalue weighted by Gasteiger charge is 2.21. The van der Waals surface area contributed by atoms with E-state index in [2.05, 4.69) is 10.0 Å². The van der Waals surface area contributed by atoms with Crippen molar-refractivity contribution < 1.29 is 12.8 Å². The standard InChI is InChI=1S/C13H14Cl2N2O3S/c1-16-7-10-11(14)2-3-12(13(10)15)21(18,19)17-6-9-4-5-20-8-9/h2-5,8,16-17H,6-7H2,1H3. The predicted octanol–water partition coefficient (Wildman–Crippen LogP) is 2.78. The second-order valence-electron chi connectivity index (χ2n) is 4.32. The summed E-state index contributed by atoms with van der Waals surface area (Å²) >= 11 is 12.2. The first kappa shape index (κ1) is 16.3. The average Bonchev–Trinajstić information content (AvgIpc) is 2.94. The Bertz CT molecular complexity index is 715. The molecule has 2 rings (SSSR count). The van der Waals surface area contributed by atoms with Gasteiger partial charge in [-0.15, -0.1) is 0 Å². The molecule has 1 aromatic heterocycles. The van der Waals surface area contributed by atoms with Crippen LogP contribution in [0.2, 0.25) is 10.0 Å². The Hall–Kier alpha value is -1.05. The minimum Gasteiger partial charge on any atom is -0.472 e. The molecule has 0 saturated carbocycles. The highest BCUT2D eigenvalue weighted by molar-refractivity contribution is 7.89. The van der Waals surface area contributed by atoms with Crippen LogP contribution >= 0.6 is 23.2 Å². The van der Waals surface area contributed by atoms with Gasteiger partial charge in [-0.1, -0.05) is 23.2 Å². The molecule has 2 aromatic rings. The monoisotopic (exact) mass is 348 g/mol. The van der Waals surface area contributed by atoms with Crippen LogP contribution in [-0.4, -0.2) is 15.5 Å². The van der Waals surface area contributed by atoms with Crippen LogP contribution in [-0.2, 0) is 23.1 Å². The van der Waals surface area contributed by atoms with Gasteiger partial charge in [-0.3, -0.25) is 0 Å². The maximum absolute atomic E-state index is 12.3. The highest BCUT2D eigenvalue weighted by Crippen LogP contribution is 2.31. The highest BCUT2D eigenvalue weighted by atomic mass is 35.5. The summed E-state index contributed by atoms with van der Waals surface area (Å²) in [5.41, 5.74) is 1.27. The number of hydrogen-bond donors (Lipinski definition) is 2. The van der Waals surface area contributed by atoms with Crippen LogP contribution in [0.15, 0.2) is 40.0 Å². The van der Waals surface area contributed by atoms with E-state index in [9.17, 15) is 8.42 Å². The Morgan fingerprint density at radius 3 is 2.57 bits per heavy atom. The fraction of sp³-hybridized carbons (Fsp3) is 0.231. The van der Waals surface area contributed by atoms with Gasteiger partial charge in [-0.25, -0.2) is 13.1 Å². The van der Waals surface area contributed by atoms with Gasteiger partial charge in [0.15, 0.2) is 0 Å². The Morgan fingerprint density at radius 2 is 1.95 bits per heavy atom. The van der Waals surface area contributed by atoms with Gasteiger partial charge in [-0.2, -0.15) is 0 Å². The molecule has 114 valence electrons.